The number of benzene rings is 2. The molecule has 5 nitrogen and oxygen atoms in total. The summed E-state index contributed by atoms with van der Waals surface area (Å²) < 4.78 is 20.4. The van der Waals surface area contributed by atoms with Crippen LogP contribution in [0.5, 0.6) is 5.75 Å². The van der Waals surface area contributed by atoms with Gasteiger partial charge >= 0.3 is 0 Å². The van der Waals surface area contributed by atoms with Crippen LogP contribution in [-0.4, -0.2) is 22.8 Å². The van der Waals surface area contributed by atoms with Crippen LogP contribution in [0.25, 0.3) is 11.3 Å². The van der Waals surface area contributed by atoms with E-state index >= 15 is 0 Å². The average Bonchev–Trinajstić information content (AvgIpc) is 3.03. The van der Waals surface area contributed by atoms with Crippen molar-refractivity contribution < 1.29 is 13.9 Å². The number of aromatic nitrogens is 2. The van der Waals surface area contributed by atoms with Crippen molar-refractivity contribution in [2.24, 2.45) is 7.05 Å². The third-order valence-electron chi connectivity index (χ3n) is 3.88. The molecule has 3 aromatic rings. The van der Waals surface area contributed by atoms with Crippen LogP contribution in [0, 0.1) is 5.82 Å². The lowest BCUT2D eigenvalue weighted by Crippen LogP contribution is -2.25. The van der Waals surface area contributed by atoms with Crippen LogP contribution in [0.4, 0.5) is 4.39 Å². The molecule has 0 unspecified atom stereocenters. The van der Waals surface area contributed by atoms with Gasteiger partial charge in [0.25, 0.3) is 5.91 Å². The molecule has 1 N–H and O–H groups in total. The van der Waals surface area contributed by atoms with Crippen molar-refractivity contribution in [2.75, 3.05) is 7.11 Å². The molecule has 0 aliphatic carbocycles. The van der Waals surface area contributed by atoms with Crippen molar-refractivity contribution in [1.82, 2.24) is 15.1 Å². The third-order valence-corrected chi connectivity index (χ3v) is 3.88. The van der Waals surface area contributed by atoms with Gasteiger partial charge in [-0.25, -0.2) is 4.39 Å². The van der Waals surface area contributed by atoms with Crippen molar-refractivity contribution in [3.05, 3.63) is 71.7 Å². The molecule has 25 heavy (non-hydrogen) atoms. The van der Waals surface area contributed by atoms with Gasteiger partial charge < -0.3 is 10.1 Å². The standard InChI is InChI=1S/C19H18FN3O2/c1-23-18(19(24)21-12-14-6-3-4-9-16(14)20)11-17(22-23)13-7-5-8-15(10-13)25-2/h3-11H,12H2,1-2H3,(H,21,24). The Morgan fingerprint density at radius 2 is 2.00 bits per heavy atom. The zero-order valence-electron chi connectivity index (χ0n) is 14.0. The van der Waals surface area contributed by atoms with Gasteiger partial charge in [-0.3, -0.25) is 9.48 Å². The van der Waals surface area contributed by atoms with E-state index in [1.54, 1.807) is 38.4 Å². The van der Waals surface area contributed by atoms with Crippen molar-refractivity contribution >= 4 is 5.91 Å². The van der Waals surface area contributed by atoms with Gasteiger partial charge in [0, 0.05) is 24.7 Å². The fourth-order valence-electron chi connectivity index (χ4n) is 2.51. The summed E-state index contributed by atoms with van der Waals surface area (Å²) >= 11 is 0. The van der Waals surface area contributed by atoms with Crippen molar-refractivity contribution in [2.45, 2.75) is 6.54 Å². The molecule has 3 rings (SSSR count). The van der Waals surface area contributed by atoms with Crippen molar-refractivity contribution in [3.63, 3.8) is 0 Å². The molecule has 0 fully saturated rings. The molecule has 1 aromatic heterocycles. The number of aryl methyl sites for hydroxylation is 1. The van der Waals surface area contributed by atoms with Crippen LogP contribution in [0.15, 0.2) is 54.6 Å². The second-order valence-electron chi connectivity index (χ2n) is 5.54. The van der Waals surface area contributed by atoms with Crippen LogP contribution >= 0.6 is 0 Å². The van der Waals surface area contributed by atoms with Crippen molar-refractivity contribution in [3.8, 4) is 17.0 Å². The number of hydrogen-bond donors (Lipinski definition) is 1. The Morgan fingerprint density at radius 1 is 1.20 bits per heavy atom. The Balaban J connectivity index is 1.77. The second-order valence-corrected chi connectivity index (χ2v) is 5.54. The van der Waals surface area contributed by atoms with Crippen LogP contribution in [0.2, 0.25) is 0 Å². The van der Waals surface area contributed by atoms with E-state index in [4.69, 9.17) is 4.74 Å². The number of carbonyl (C=O) groups is 1. The highest BCUT2D eigenvalue weighted by Gasteiger charge is 2.15. The number of rotatable bonds is 5. The lowest BCUT2D eigenvalue weighted by Gasteiger charge is -2.06. The van der Waals surface area contributed by atoms with Gasteiger partial charge in [0.2, 0.25) is 0 Å². The van der Waals surface area contributed by atoms with E-state index in [-0.39, 0.29) is 18.3 Å². The van der Waals surface area contributed by atoms with E-state index in [2.05, 4.69) is 10.4 Å². The highest BCUT2D eigenvalue weighted by atomic mass is 19.1. The highest BCUT2D eigenvalue weighted by molar-refractivity contribution is 5.93. The number of nitrogens with zero attached hydrogens (tertiary/aromatic N) is 2. The number of hydrogen-bond acceptors (Lipinski definition) is 3. The minimum atomic E-state index is -0.343. The fraction of sp³-hybridized carbons (Fsp3) is 0.158. The molecular formula is C19H18FN3O2. The van der Waals surface area contributed by atoms with Crippen LogP contribution in [0.3, 0.4) is 0 Å². The van der Waals surface area contributed by atoms with Gasteiger partial charge in [0.15, 0.2) is 0 Å². The first-order valence-corrected chi connectivity index (χ1v) is 7.78. The van der Waals surface area contributed by atoms with Gasteiger partial charge in [0.1, 0.15) is 17.3 Å². The summed E-state index contributed by atoms with van der Waals surface area (Å²) in [5.74, 6) is 0.0611. The second kappa shape index (κ2) is 7.17. The lowest BCUT2D eigenvalue weighted by atomic mass is 10.1. The maximum absolute atomic E-state index is 13.6. The van der Waals surface area contributed by atoms with E-state index in [0.29, 0.717) is 22.7 Å². The summed E-state index contributed by atoms with van der Waals surface area (Å²) in [6.07, 6.45) is 0. The van der Waals surface area contributed by atoms with E-state index in [1.807, 2.05) is 24.3 Å². The smallest absolute Gasteiger partial charge is 0.269 e. The Bertz CT molecular complexity index is 905. The average molecular weight is 339 g/mol. The van der Waals surface area contributed by atoms with Gasteiger partial charge in [0.05, 0.1) is 12.8 Å². The predicted octanol–water partition coefficient (Wildman–Crippen LogP) is 3.16. The molecule has 1 heterocycles. The summed E-state index contributed by atoms with van der Waals surface area (Å²) in [6.45, 7) is 0.116. The Kier molecular flexibility index (Phi) is 4.79. The van der Waals surface area contributed by atoms with Crippen LogP contribution < -0.4 is 10.1 Å². The highest BCUT2D eigenvalue weighted by Crippen LogP contribution is 2.23. The number of nitrogens with one attached hydrogen (secondary N) is 1. The lowest BCUT2D eigenvalue weighted by molar-refractivity contribution is 0.0941. The third kappa shape index (κ3) is 3.68. The molecule has 1 amide bonds. The Hall–Kier alpha value is -3.15. The number of amides is 1. The number of ether oxygens (including phenoxy) is 1. The maximum atomic E-state index is 13.6. The first-order valence-electron chi connectivity index (χ1n) is 7.78. The van der Waals surface area contributed by atoms with Crippen molar-refractivity contribution in [1.29, 1.82) is 0 Å². The van der Waals surface area contributed by atoms with Gasteiger partial charge in [-0.2, -0.15) is 5.10 Å². The molecule has 128 valence electrons. The molecule has 0 aliphatic heterocycles. The SMILES string of the molecule is COc1cccc(-c2cc(C(=O)NCc3ccccc3F)n(C)n2)c1. The predicted molar refractivity (Wildman–Crippen MR) is 92.8 cm³/mol. The van der Waals surface area contributed by atoms with Gasteiger partial charge in [-0.15, -0.1) is 0 Å². The molecule has 6 heteroatoms. The fourth-order valence-corrected chi connectivity index (χ4v) is 2.51. The molecule has 0 aliphatic rings. The molecule has 0 atom stereocenters. The number of methoxy groups -OCH3 is 1. The first kappa shape index (κ1) is 16.7. The van der Waals surface area contributed by atoms with Crippen LogP contribution in [-0.2, 0) is 13.6 Å². The Labute approximate surface area is 145 Å². The Morgan fingerprint density at radius 3 is 2.76 bits per heavy atom. The molecule has 0 radical (unpaired) electrons. The van der Waals surface area contributed by atoms with E-state index in [1.165, 1.54) is 10.7 Å². The van der Waals surface area contributed by atoms with Crippen LogP contribution in [0.1, 0.15) is 16.1 Å². The molecule has 0 saturated heterocycles. The summed E-state index contributed by atoms with van der Waals surface area (Å²) in [5.41, 5.74) is 2.35. The summed E-state index contributed by atoms with van der Waals surface area (Å²) in [7, 11) is 3.29. The molecular weight excluding hydrogens is 321 g/mol. The molecule has 0 saturated carbocycles. The van der Waals surface area contributed by atoms with Gasteiger partial charge in [-0.1, -0.05) is 30.3 Å². The quantitative estimate of drug-likeness (QED) is 0.777. The molecule has 0 spiro atoms. The summed E-state index contributed by atoms with van der Waals surface area (Å²) in [4.78, 5) is 12.4. The topological polar surface area (TPSA) is 56.1 Å². The zero-order valence-corrected chi connectivity index (χ0v) is 14.0. The first-order chi connectivity index (χ1) is 12.1. The minimum Gasteiger partial charge on any atom is -0.497 e. The zero-order chi connectivity index (χ0) is 17.8. The largest absolute Gasteiger partial charge is 0.497 e. The van der Waals surface area contributed by atoms with E-state index < -0.39 is 0 Å². The normalized spacial score (nSPS) is 10.5. The monoisotopic (exact) mass is 339 g/mol. The van der Waals surface area contributed by atoms with E-state index in [9.17, 15) is 9.18 Å². The summed E-state index contributed by atoms with van der Waals surface area (Å²) in [6, 6.07) is 15.5. The number of carbonyl (C=O) groups excluding carboxylic acids is 1. The van der Waals surface area contributed by atoms with Gasteiger partial charge in [-0.05, 0) is 24.3 Å². The maximum Gasteiger partial charge on any atom is 0.269 e. The minimum absolute atomic E-state index is 0.116. The molecule has 0 bridgehead atoms. The van der Waals surface area contributed by atoms with E-state index in [0.717, 1.165) is 5.56 Å². The number of halogens is 1. The summed E-state index contributed by atoms with van der Waals surface area (Å²) in [5, 5.41) is 7.10. The molecule has 2 aromatic carbocycles.